The van der Waals surface area contributed by atoms with Crippen molar-refractivity contribution in [2.75, 3.05) is 0 Å². The molecule has 0 aliphatic carbocycles. The maximum atomic E-state index is 13.3. The molecule has 2 rings (SSSR count). The van der Waals surface area contributed by atoms with Crippen LogP contribution in [0.5, 0.6) is 5.75 Å². The second-order valence-corrected chi connectivity index (χ2v) is 5.59. The molecule has 0 saturated heterocycles. The van der Waals surface area contributed by atoms with Crippen LogP contribution in [0.4, 0.5) is 4.39 Å². The molecule has 0 unspecified atom stereocenters. The molecule has 0 radical (unpaired) electrons. The molecule has 0 bridgehead atoms. The average Bonchev–Trinajstić information content (AvgIpc) is 2.46. The molecule has 0 aliphatic heterocycles. The van der Waals surface area contributed by atoms with E-state index in [-0.39, 0.29) is 12.6 Å². The number of nitrogens with zero attached hydrogens (tertiary/aromatic N) is 1. The molecule has 2 N–H and O–H groups in total. The number of benzene rings is 2. The summed E-state index contributed by atoms with van der Waals surface area (Å²) in [6.07, 6.45) is 0. The molecule has 0 aliphatic rings. The standard InChI is InChI=1S/C16H14BrFN2O/c1-10(20)15-7-13(17)3-5-16(15)21-9-12-6-14(18)4-2-11(12)8-19/h2-7,10H,9,20H2,1H3/t10-/m0/s1. The highest BCUT2D eigenvalue weighted by molar-refractivity contribution is 9.10. The lowest BCUT2D eigenvalue weighted by Crippen LogP contribution is -2.08. The van der Waals surface area contributed by atoms with Crippen LogP contribution in [0.1, 0.15) is 29.7 Å². The highest BCUT2D eigenvalue weighted by atomic mass is 79.9. The number of hydrogen-bond acceptors (Lipinski definition) is 3. The molecular weight excluding hydrogens is 335 g/mol. The number of nitriles is 1. The van der Waals surface area contributed by atoms with Gasteiger partial charge in [0.15, 0.2) is 0 Å². The molecule has 2 aromatic carbocycles. The van der Waals surface area contributed by atoms with E-state index in [0.717, 1.165) is 10.0 Å². The second kappa shape index (κ2) is 6.70. The zero-order chi connectivity index (χ0) is 15.4. The van der Waals surface area contributed by atoms with E-state index in [1.165, 1.54) is 18.2 Å². The van der Waals surface area contributed by atoms with Crippen molar-refractivity contribution in [3.63, 3.8) is 0 Å². The number of nitrogens with two attached hydrogens (primary N) is 1. The van der Waals surface area contributed by atoms with Crippen molar-refractivity contribution < 1.29 is 9.13 Å². The van der Waals surface area contributed by atoms with E-state index in [9.17, 15) is 4.39 Å². The van der Waals surface area contributed by atoms with Gasteiger partial charge in [-0.25, -0.2) is 4.39 Å². The summed E-state index contributed by atoms with van der Waals surface area (Å²) in [5.74, 6) is 0.233. The van der Waals surface area contributed by atoms with Crippen LogP contribution in [0.15, 0.2) is 40.9 Å². The summed E-state index contributed by atoms with van der Waals surface area (Å²) in [5, 5.41) is 9.03. The highest BCUT2D eigenvalue weighted by Crippen LogP contribution is 2.28. The molecule has 0 heterocycles. The van der Waals surface area contributed by atoms with E-state index < -0.39 is 5.82 Å². The van der Waals surface area contributed by atoms with Gasteiger partial charge in [0.2, 0.25) is 0 Å². The fourth-order valence-corrected chi connectivity index (χ4v) is 2.33. The Bertz CT molecular complexity index is 695. The zero-order valence-corrected chi connectivity index (χ0v) is 13.0. The summed E-state index contributed by atoms with van der Waals surface area (Å²) < 4.78 is 19.9. The van der Waals surface area contributed by atoms with Crippen molar-refractivity contribution in [2.45, 2.75) is 19.6 Å². The van der Waals surface area contributed by atoms with Crippen molar-refractivity contribution in [3.05, 3.63) is 63.4 Å². The van der Waals surface area contributed by atoms with E-state index in [4.69, 9.17) is 15.7 Å². The predicted octanol–water partition coefficient (Wildman–Crippen LogP) is 4.06. The van der Waals surface area contributed by atoms with Gasteiger partial charge in [0.05, 0.1) is 11.6 Å². The third-order valence-electron chi connectivity index (χ3n) is 3.03. The molecular formula is C16H14BrFN2O. The molecule has 1 atom stereocenters. The zero-order valence-electron chi connectivity index (χ0n) is 11.4. The van der Waals surface area contributed by atoms with Gasteiger partial charge in [-0.1, -0.05) is 15.9 Å². The third kappa shape index (κ3) is 3.81. The topological polar surface area (TPSA) is 59.0 Å². The summed E-state index contributed by atoms with van der Waals surface area (Å²) in [6, 6.07) is 11.4. The molecule has 2 aromatic rings. The van der Waals surface area contributed by atoms with Gasteiger partial charge in [0.1, 0.15) is 18.2 Å². The number of halogens is 2. The fraction of sp³-hybridized carbons (Fsp3) is 0.188. The SMILES string of the molecule is C[C@H](N)c1cc(Br)ccc1OCc1cc(F)ccc1C#N. The first-order chi connectivity index (χ1) is 10.0. The van der Waals surface area contributed by atoms with Crippen LogP contribution in [0.25, 0.3) is 0 Å². The smallest absolute Gasteiger partial charge is 0.124 e. The van der Waals surface area contributed by atoms with Crippen LogP contribution in [0.2, 0.25) is 0 Å². The Hall–Kier alpha value is -1.90. The van der Waals surface area contributed by atoms with E-state index in [1.54, 1.807) is 6.07 Å². The van der Waals surface area contributed by atoms with Gasteiger partial charge in [-0.2, -0.15) is 5.26 Å². The second-order valence-electron chi connectivity index (χ2n) is 4.67. The Labute approximate surface area is 131 Å². The lowest BCUT2D eigenvalue weighted by atomic mass is 10.1. The number of hydrogen-bond donors (Lipinski definition) is 1. The normalized spacial score (nSPS) is 11.8. The first-order valence-corrected chi connectivity index (χ1v) is 7.17. The maximum Gasteiger partial charge on any atom is 0.124 e. The Morgan fingerprint density at radius 3 is 2.76 bits per heavy atom. The van der Waals surface area contributed by atoms with Crippen LogP contribution < -0.4 is 10.5 Å². The van der Waals surface area contributed by atoms with Crippen LogP contribution >= 0.6 is 15.9 Å². The molecule has 0 fully saturated rings. The van der Waals surface area contributed by atoms with Crippen molar-refractivity contribution in [2.24, 2.45) is 5.73 Å². The Morgan fingerprint density at radius 1 is 1.33 bits per heavy atom. The molecule has 0 aromatic heterocycles. The van der Waals surface area contributed by atoms with E-state index in [1.807, 2.05) is 25.1 Å². The molecule has 108 valence electrons. The van der Waals surface area contributed by atoms with E-state index in [0.29, 0.717) is 16.9 Å². The minimum atomic E-state index is -0.393. The average molecular weight is 349 g/mol. The minimum absolute atomic E-state index is 0.113. The summed E-state index contributed by atoms with van der Waals surface area (Å²) in [7, 11) is 0. The lowest BCUT2D eigenvalue weighted by molar-refractivity contribution is 0.300. The first-order valence-electron chi connectivity index (χ1n) is 6.37. The molecule has 0 spiro atoms. The summed E-state index contributed by atoms with van der Waals surface area (Å²) in [6.45, 7) is 1.97. The van der Waals surface area contributed by atoms with Gasteiger partial charge >= 0.3 is 0 Å². The molecule has 3 nitrogen and oxygen atoms in total. The predicted molar refractivity (Wildman–Crippen MR) is 82.2 cm³/mol. The van der Waals surface area contributed by atoms with Crippen molar-refractivity contribution in [1.29, 1.82) is 5.26 Å². The van der Waals surface area contributed by atoms with Crippen LogP contribution in [-0.2, 0) is 6.61 Å². The molecule has 5 heteroatoms. The summed E-state index contributed by atoms with van der Waals surface area (Å²) in [5.41, 5.74) is 7.68. The van der Waals surface area contributed by atoms with Crippen LogP contribution in [0, 0.1) is 17.1 Å². The van der Waals surface area contributed by atoms with Crippen LogP contribution in [-0.4, -0.2) is 0 Å². The van der Waals surface area contributed by atoms with Crippen LogP contribution in [0.3, 0.4) is 0 Å². The van der Waals surface area contributed by atoms with E-state index in [2.05, 4.69) is 15.9 Å². The number of rotatable bonds is 4. The van der Waals surface area contributed by atoms with Gasteiger partial charge in [-0.15, -0.1) is 0 Å². The summed E-state index contributed by atoms with van der Waals surface area (Å²) in [4.78, 5) is 0. The van der Waals surface area contributed by atoms with Gasteiger partial charge in [-0.3, -0.25) is 0 Å². The highest BCUT2D eigenvalue weighted by Gasteiger charge is 2.11. The minimum Gasteiger partial charge on any atom is -0.489 e. The van der Waals surface area contributed by atoms with Crippen molar-refractivity contribution in [3.8, 4) is 11.8 Å². The van der Waals surface area contributed by atoms with E-state index >= 15 is 0 Å². The molecule has 0 saturated carbocycles. The fourth-order valence-electron chi connectivity index (χ4n) is 1.95. The van der Waals surface area contributed by atoms with Gasteiger partial charge in [0.25, 0.3) is 0 Å². The molecule has 0 amide bonds. The summed E-state index contributed by atoms with van der Waals surface area (Å²) >= 11 is 3.39. The van der Waals surface area contributed by atoms with Crippen molar-refractivity contribution >= 4 is 15.9 Å². The Morgan fingerprint density at radius 2 is 2.10 bits per heavy atom. The monoisotopic (exact) mass is 348 g/mol. The third-order valence-corrected chi connectivity index (χ3v) is 3.53. The lowest BCUT2D eigenvalue weighted by Gasteiger charge is -2.15. The Balaban J connectivity index is 2.25. The van der Waals surface area contributed by atoms with Gasteiger partial charge in [-0.05, 0) is 43.3 Å². The Kier molecular flexibility index (Phi) is 4.94. The largest absolute Gasteiger partial charge is 0.489 e. The first kappa shape index (κ1) is 15.5. The van der Waals surface area contributed by atoms with Crippen molar-refractivity contribution in [1.82, 2.24) is 0 Å². The quantitative estimate of drug-likeness (QED) is 0.906. The number of ether oxygens (including phenoxy) is 1. The molecule has 21 heavy (non-hydrogen) atoms. The maximum absolute atomic E-state index is 13.3. The van der Waals surface area contributed by atoms with Gasteiger partial charge in [0, 0.05) is 21.6 Å². The van der Waals surface area contributed by atoms with Gasteiger partial charge < -0.3 is 10.5 Å².